The Morgan fingerprint density at radius 2 is 1.83 bits per heavy atom. The standard InChI is InChI=1S/C20H14F3N5O/c1-12(27-29)15-4-2-5-16(25-15)13-8-9-14-11-24-28(17(14)10-13)19-7-3-6-18(26-19)20(21,22)23/h2-11,29H,1H3/b27-12-. The number of benzene rings is 1. The summed E-state index contributed by atoms with van der Waals surface area (Å²) in [5, 5.41) is 17.1. The van der Waals surface area contributed by atoms with Crippen LogP contribution in [0.2, 0.25) is 0 Å². The van der Waals surface area contributed by atoms with Gasteiger partial charge in [0.05, 0.1) is 23.1 Å². The third-order valence-corrected chi connectivity index (χ3v) is 4.38. The van der Waals surface area contributed by atoms with Crippen molar-refractivity contribution in [1.29, 1.82) is 0 Å². The Balaban J connectivity index is 1.82. The van der Waals surface area contributed by atoms with Gasteiger partial charge in [-0.15, -0.1) is 0 Å². The maximum absolute atomic E-state index is 13.0. The molecule has 9 heteroatoms. The molecular weight excluding hydrogens is 383 g/mol. The molecule has 0 unspecified atom stereocenters. The van der Waals surface area contributed by atoms with Crippen LogP contribution in [-0.2, 0) is 6.18 Å². The molecule has 0 spiro atoms. The third-order valence-electron chi connectivity index (χ3n) is 4.38. The first-order valence-corrected chi connectivity index (χ1v) is 8.56. The number of nitrogens with zero attached hydrogens (tertiary/aromatic N) is 5. The number of hydrogen-bond donors (Lipinski definition) is 1. The van der Waals surface area contributed by atoms with Gasteiger partial charge in [0.15, 0.2) is 5.82 Å². The lowest BCUT2D eigenvalue weighted by atomic mass is 10.1. The molecule has 0 aliphatic carbocycles. The summed E-state index contributed by atoms with van der Waals surface area (Å²) >= 11 is 0. The molecule has 4 aromatic rings. The van der Waals surface area contributed by atoms with Gasteiger partial charge in [-0.3, -0.25) is 0 Å². The molecule has 0 saturated carbocycles. The van der Waals surface area contributed by atoms with E-state index in [-0.39, 0.29) is 5.82 Å². The van der Waals surface area contributed by atoms with Crippen LogP contribution in [0, 0.1) is 0 Å². The molecule has 0 radical (unpaired) electrons. The number of halogens is 3. The van der Waals surface area contributed by atoms with Gasteiger partial charge in [-0.25, -0.2) is 14.6 Å². The number of fused-ring (bicyclic) bond motifs is 1. The lowest BCUT2D eigenvalue weighted by Crippen LogP contribution is -2.10. The van der Waals surface area contributed by atoms with E-state index in [0.29, 0.717) is 22.6 Å². The molecule has 1 aromatic carbocycles. The molecule has 0 aliphatic rings. The Morgan fingerprint density at radius 1 is 1.03 bits per heavy atom. The summed E-state index contributed by atoms with van der Waals surface area (Å²) in [5.41, 5.74) is 1.84. The normalized spacial score (nSPS) is 12.5. The Labute approximate surface area is 163 Å². The van der Waals surface area contributed by atoms with Crippen LogP contribution in [0.25, 0.3) is 28.0 Å². The zero-order valence-electron chi connectivity index (χ0n) is 15.1. The summed E-state index contributed by atoms with van der Waals surface area (Å²) in [6.07, 6.45) is -2.98. The van der Waals surface area contributed by atoms with Crippen molar-refractivity contribution >= 4 is 16.6 Å². The van der Waals surface area contributed by atoms with Gasteiger partial charge >= 0.3 is 6.18 Å². The maximum atomic E-state index is 13.0. The minimum atomic E-state index is -4.54. The molecule has 0 saturated heterocycles. The summed E-state index contributed by atoms with van der Waals surface area (Å²) in [5.74, 6) is 0.0666. The van der Waals surface area contributed by atoms with Crippen LogP contribution < -0.4 is 0 Å². The SMILES string of the molecule is C/C(=N/O)c1cccc(-c2ccc3cnn(-c4cccc(C(F)(F)F)n4)c3c2)n1. The van der Waals surface area contributed by atoms with Gasteiger partial charge in [-0.1, -0.05) is 29.4 Å². The molecule has 1 N–H and O–H groups in total. The largest absolute Gasteiger partial charge is 0.433 e. The first kappa shape index (κ1) is 18.6. The predicted octanol–water partition coefficient (Wildman–Crippen LogP) is 4.70. The fraction of sp³-hybridized carbons (Fsp3) is 0.100. The molecule has 146 valence electrons. The minimum absolute atomic E-state index is 0.0666. The van der Waals surface area contributed by atoms with Crippen molar-refractivity contribution in [3.8, 4) is 17.1 Å². The maximum Gasteiger partial charge on any atom is 0.433 e. The van der Waals surface area contributed by atoms with E-state index >= 15 is 0 Å². The molecular formula is C20H14F3N5O. The van der Waals surface area contributed by atoms with Crippen LogP contribution in [0.15, 0.2) is 65.9 Å². The molecule has 29 heavy (non-hydrogen) atoms. The Bertz CT molecular complexity index is 1230. The highest BCUT2D eigenvalue weighted by atomic mass is 19.4. The van der Waals surface area contributed by atoms with E-state index in [4.69, 9.17) is 5.21 Å². The number of hydrogen-bond acceptors (Lipinski definition) is 5. The molecule has 0 atom stereocenters. The van der Waals surface area contributed by atoms with Crippen LogP contribution in [0.4, 0.5) is 13.2 Å². The van der Waals surface area contributed by atoms with E-state index in [1.54, 1.807) is 37.4 Å². The fourth-order valence-corrected chi connectivity index (χ4v) is 2.91. The summed E-state index contributed by atoms with van der Waals surface area (Å²) in [6, 6.07) is 14.4. The average molecular weight is 397 g/mol. The number of pyridine rings is 2. The zero-order chi connectivity index (χ0) is 20.6. The van der Waals surface area contributed by atoms with E-state index < -0.39 is 11.9 Å². The molecule has 0 amide bonds. The monoisotopic (exact) mass is 397 g/mol. The van der Waals surface area contributed by atoms with Gasteiger partial charge in [-0.2, -0.15) is 18.3 Å². The van der Waals surface area contributed by atoms with E-state index in [9.17, 15) is 13.2 Å². The van der Waals surface area contributed by atoms with Gasteiger partial charge in [-0.05, 0) is 37.3 Å². The summed E-state index contributed by atoms with van der Waals surface area (Å²) in [4.78, 5) is 8.17. The van der Waals surface area contributed by atoms with Crippen LogP contribution in [0.5, 0.6) is 0 Å². The van der Waals surface area contributed by atoms with E-state index in [0.717, 1.165) is 17.0 Å². The lowest BCUT2D eigenvalue weighted by molar-refractivity contribution is -0.141. The topological polar surface area (TPSA) is 76.2 Å². The quantitative estimate of drug-likeness (QED) is 0.309. The van der Waals surface area contributed by atoms with Crippen molar-refractivity contribution in [2.24, 2.45) is 5.16 Å². The Hall–Kier alpha value is -3.75. The number of alkyl halides is 3. The van der Waals surface area contributed by atoms with Crippen molar-refractivity contribution in [3.05, 3.63) is 72.2 Å². The second-order valence-electron chi connectivity index (χ2n) is 6.30. The average Bonchev–Trinajstić information content (AvgIpc) is 3.16. The van der Waals surface area contributed by atoms with Crippen molar-refractivity contribution in [1.82, 2.24) is 19.7 Å². The van der Waals surface area contributed by atoms with Gasteiger partial charge in [0, 0.05) is 10.9 Å². The fourth-order valence-electron chi connectivity index (χ4n) is 2.91. The molecule has 6 nitrogen and oxygen atoms in total. The number of aromatic nitrogens is 4. The molecule has 3 aromatic heterocycles. The van der Waals surface area contributed by atoms with Crippen molar-refractivity contribution in [3.63, 3.8) is 0 Å². The van der Waals surface area contributed by atoms with Gasteiger partial charge in [0.25, 0.3) is 0 Å². The number of oxime groups is 1. The third kappa shape index (κ3) is 3.54. The van der Waals surface area contributed by atoms with Crippen molar-refractivity contribution < 1.29 is 18.4 Å². The summed E-state index contributed by atoms with van der Waals surface area (Å²) in [7, 11) is 0. The molecule has 0 bridgehead atoms. The number of rotatable bonds is 3. The Kier molecular flexibility index (Phi) is 4.50. The van der Waals surface area contributed by atoms with Crippen molar-refractivity contribution in [2.45, 2.75) is 13.1 Å². The van der Waals surface area contributed by atoms with Gasteiger partial charge in [0.1, 0.15) is 11.4 Å². The van der Waals surface area contributed by atoms with E-state index in [1.165, 1.54) is 16.8 Å². The molecule has 0 aliphatic heterocycles. The zero-order valence-corrected chi connectivity index (χ0v) is 15.1. The highest BCUT2D eigenvalue weighted by Gasteiger charge is 2.32. The predicted molar refractivity (Wildman–Crippen MR) is 101 cm³/mol. The minimum Gasteiger partial charge on any atom is -0.411 e. The second kappa shape index (κ2) is 7.01. The van der Waals surface area contributed by atoms with Gasteiger partial charge in [0.2, 0.25) is 0 Å². The molecule has 3 heterocycles. The first-order chi connectivity index (χ1) is 13.9. The highest BCUT2D eigenvalue weighted by Crippen LogP contribution is 2.29. The highest BCUT2D eigenvalue weighted by molar-refractivity contribution is 5.97. The lowest BCUT2D eigenvalue weighted by Gasteiger charge is -2.09. The van der Waals surface area contributed by atoms with Crippen LogP contribution in [0.3, 0.4) is 0 Å². The summed E-state index contributed by atoms with van der Waals surface area (Å²) in [6.45, 7) is 1.63. The second-order valence-corrected chi connectivity index (χ2v) is 6.30. The first-order valence-electron chi connectivity index (χ1n) is 8.56. The van der Waals surface area contributed by atoms with Crippen molar-refractivity contribution in [2.75, 3.05) is 0 Å². The van der Waals surface area contributed by atoms with Crippen LogP contribution in [0.1, 0.15) is 18.3 Å². The van der Waals surface area contributed by atoms with E-state index in [1.807, 2.05) is 12.1 Å². The van der Waals surface area contributed by atoms with Crippen LogP contribution in [-0.4, -0.2) is 30.7 Å². The summed E-state index contributed by atoms with van der Waals surface area (Å²) < 4.78 is 40.4. The molecule has 0 fully saturated rings. The van der Waals surface area contributed by atoms with Crippen LogP contribution >= 0.6 is 0 Å². The van der Waals surface area contributed by atoms with Gasteiger partial charge < -0.3 is 5.21 Å². The Morgan fingerprint density at radius 3 is 2.59 bits per heavy atom. The molecule has 4 rings (SSSR count). The smallest absolute Gasteiger partial charge is 0.411 e. The van der Waals surface area contributed by atoms with E-state index in [2.05, 4.69) is 20.2 Å².